The fourth-order valence-corrected chi connectivity index (χ4v) is 1.97. The number of carbonyl (C=O) groups excluding carboxylic acids is 1. The van der Waals surface area contributed by atoms with Gasteiger partial charge in [-0.1, -0.05) is 0 Å². The van der Waals surface area contributed by atoms with Crippen LogP contribution < -0.4 is 0 Å². The molecule has 0 aromatic heterocycles. The molecule has 5 nitrogen and oxygen atoms in total. The lowest BCUT2D eigenvalue weighted by molar-refractivity contribution is -0.137. The highest BCUT2D eigenvalue weighted by molar-refractivity contribution is 5.71. The molecule has 2 fully saturated rings. The Morgan fingerprint density at radius 1 is 1.53 bits per heavy atom. The van der Waals surface area contributed by atoms with Crippen molar-refractivity contribution in [1.82, 2.24) is 4.90 Å². The van der Waals surface area contributed by atoms with Gasteiger partial charge in [0.05, 0.1) is 6.54 Å². The van der Waals surface area contributed by atoms with E-state index in [1.54, 1.807) is 4.90 Å². The first-order valence-electron chi connectivity index (χ1n) is 5.36. The summed E-state index contributed by atoms with van der Waals surface area (Å²) in [7, 11) is 0. The van der Waals surface area contributed by atoms with E-state index >= 15 is 0 Å². The lowest BCUT2D eigenvalue weighted by Crippen LogP contribution is -2.40. The molecule has 0 radical (unpaired) electrons. The first kappa shape index (κ1) is 10.3. The second kappa shape index (κ2) is 4.08. The predicted molar refractivity (Wildman–Crippen MR) is 51.5 cm³/mol. The zero-order valence-electron chi connectivity index (χ0n) is 8.52. The largest absolute Gasteiger partial charge is 0.481 e. The predicted octanol–water partition coefficient (Wildman–Crippen LogP) is 1.22. The van der Waals surface area contributed by atoms with Gasteiger partial charge < -0.3 is 14.7 Å². The number of ether oxygens (including phenoxy) is 1. The van der Waals surface area contributed by atoms with Gasteiger partial charge >= 0.3 is 12.1 Å². The van der Waals surface area contributed by atoms with Crippen molar-refractivity contribution in [3.8, 4) is 0 Å². The summed E-state index contributed by atoms with van der Waals surface area (Å²) >= 11 is 0. The van der Waals surface area contributed by atoms with E-state index in [2.05, 4.69) is 0 Å². The molecule has 1 heterocycles. The molecule has 1 saturated carbocycles. The standard InChI is InChI=1S/C10H15NO4/c12-9(13)5-4-8-6-11(10(14)15-8)7-2-1-3-7/h7-8H,1-6H2,(H,12,13). The number of nitrogens with zero attached hydrogens (tertiary/aromatic N) is 1. The normalized spacial score (nSPS) is 26.3. The number of carboxylic acid groups (broad SMARTS) is 1. The van der Waals surface area contributed by atoms with Crippen molar-refractivity contribution < 1.29 is 19.4 Å². The van der Waals surface area contributed by atoms with Gasteiger partial charge in [0, 0.05) is 12.5 Å². The minimum atomic E-state index is -0.840. The summed E-state index contributed by atoms with van der Waals surface area (Å²) in [4.78, 5) is 23.5. The average molecular weight is 213 g/mol. The van der Waals surface area contributed by atoms with Crippen LogP contribution in [0.5, 0.6) is 0 Å². The Morgan fingerprint density at radius 3 is 2.80 bits per heavy atom. The average Bonchev–Trinajstić information content (AvgIpc) is 2.42. The van der Waals surface area contributed by atoms with Gasteiger partial charge in [0.15, 0.2) is 0 Å². The molecule has 0 spiro atoms. The van der Waals surface area contributed by atoms with E-state index in [1.165, 1.54) is 6.42 Å². The summed E-state index contributed by atoms with van der Waals surface area (Å²) in [5, 5.41) is 8.52. The summed E-state index contributed by atoms with van der Waals surface area (Å²) in [5.41, 5.74) is 0. The Labute approximate surface area is 88.0 Å². The maximum Gasteiger partial charge on any atom is 0.410 e. The molecular formula is C10H15NO4. The molecule has 0 aromatic rings. The first-order chi connectivity index (χ1) is 7.16. The molecule has 1 saturated heterocycles. The summed E-state index contributed by atoms with van der Waals surface area (Å²) in [6.45, 7) is 0.566. The molecule has 1 amide bonds. The lowest BCUT2D eigenvalue weighted by atomic mass is 9.92. The first-order valence-corrected chi connectivity index (χ1v) is 5.36. The summed E-state index contributed by atoms with van der Waals surface area (Å²) in [6, 6.07) is 0.340. The molecule has 15 heavy (non-hydrogen) atoms. The van der Waals surface area contributed by atoms with Crippen molar-refractivity contribution in [2.75, 3.05) is 6.54 Å². The van der Waals surface area contributed by atoms with Crippen LogP contribution in [0.1, 0.15) is 32.1 Å². The van der Waals surface area contributed by atoms with Crippen LogP contribution in [-0.4, -0.2) is 40.8 Å². The van der Waals surface area contributed by atoms with Crippen LogP contribution >= 0.6 is 0 Å². The smallest absolute Gasteiger partial charge is 0.410 e. The maximum atomic E-state index is 11.4. The lowest BCUT2D eigenvalue weighted by Gasteiger charge is -2.32. The number of rotatable bonds is 4. The van der Waals surface area contributed by atoms with Crippen molar-refractivity contribution in [1.29, 1.82) is 0 Å². The monoisotopic (exact) mass is 213 g/mol. The summed E-state index contributed by atoms with van der Waals surface area (Å²) < 4.78 is 5.10. The van der Waals surface area contributed by atoms with E-state index in [0.717, 1.165) is 12.8 Å². The van der Waals surface area contributed by atoms with Crippen LogP contribution in [0.15, 0.2) is 0 Å². The van der Waals surface area contributed by atoms with Gasteiger partial charge in [-0.05, 0) is 25.7 Å². The van der Waals surface area contributed by atoms with Crippen molar-refractivity contribution in [3.63, 3.8) is 0 Å². The third-order valence-corrected chi connectivity index (χ3v) is 3.10. The van der Waals surface area contributed by atoms with E-state index in [1.807, 2.05) is 0 Å². The van der Waals surface area contributed by atoms with Gasteiger partial charge in [-0.2, -0.15) is 0 Å². The van der Waals surface area contributed by atoms with Gasteiger partial charge in [-0.15, -0.1) is 0 Å². The molecule has 1 unspecified atom stereocenters. The third-order valence-electron chi connectivity index (χ3n) is 3.10. The number of cyclic esters (lactones) is 1. The summed E-state index contributed by atoms with van der Waals surface area (Å²) in [5.74, 6) is -0.840. The van der Waals surface area contributed by atoms with Crippen molar-refractivity contribution in [2.24, 2.45) is 0 Å². The Balaban J connectivity index is 1.80. The van der Waals surface area contributed by atoms with E-state index < -0.39 is 5.97 Å². The molecule has 0 aromatic carbocycles. The van der Waals surface area contributed by atoms with Crippen molar-refractivity contribution in [3.05, 3.63) is 0 Å². The Kier molecular flexibility index (Phi) is 2.79. The van der Waals surface area contributed by atoms with Crippen molar-refractivity contribution >= 4 is 12.1 Å². The van der Waals surface area contributed by atoms with Gasteiger partial charge in [0.25, 0.3) is 0 Å². The quantitative estimate of drug-likeness (QED) is 0.762. The van der Waals surface area contributed by atoms with Crippen LogP contribution in [0.2, 0.25) is 0 Å². The van der Waals surface area contributed by atoms with Crippen LogP contribution in [0, 0.1) is 0 Å². The van der Waals surface area contributed by atoms with Crippen LogP contribution in [0.4, 0.5) is 4.79 Å². The Hall–Kier alpha value is -1.26. The highest BCUT2D eigenvalue weighted by Crippen LogP contribution is 2.29. The third kappa shape index (κ3) is 2.22. The van der Waals surface area contributed by atoms with Gasteiger partial charge in [-0.25, -0.2) is 4.79 Å². The SMILES string of the molecule is O=C(O)CCC1CN(C2CCC2)C(=O)O1. The second-order valence-corrected chi connectivity index (χ2v) is 4.18. The molecule has 1 N–H and O–H groups in total. The van der Waals surface area contributed by atoms with Gasteiger partial charge in [0.2, 0.25) is 0 Å². The molecule has 1 atom stereocenters. The van der Waals surface area contributed by atoms with Gasteiger partial charge in [-0.3, -0.25) is 4.79 Å². The van der Waals surface area contributed by atoms with E-state index in [9.17, 15) is 9.59 Å². The van der Waals surface area contributed by atoms with E-state index in [-0.39, 0.29) is 18.6 Å². The Morgan fingerprint density at radius 2 is 2.27 bits per heavy atom. The topological polar surface area (TPSA) is 66.8 Å². The molecule has 5 heteroatoms. The molecule has 1 aliphatic heterocycles. The fraction of sp³-hybridized carbons (Fsp3) is 0.800. The highest BCUT2D eigenvalue weighted by Gasteiger charge is 2.38. The number of hydrogen-bond acceptors (Lipinski definition) is 3. The Bertz CT molecular complexity index is 275. The zero-order chi connectivity index (χ0) is 10.8. The number of hydrogen-bond donors (Lipinski definition) is 1. The highest BCUT2D eigenvalue weighted by atomic mass is 16.6. The molecule has 84 valence electrons. The maximum absolute atomic E-state index is 11.4. The fourth-order valence-electron chi connectivity index (χ4n) is 1.97. The van der Waals surface area contributed by atoms with Gasteiger partial charge in [0.1, 0.15) is 6.10 Å². The zero-order valence-corrected chi connectivity index (χ0v) is 8.52. The minimum absolute atomic E-state index is 0.0659. The molecule has 2 rings (SSSR count). The van der Waals surface area contributed by atoms with E-state index in [0.29, 0.717) is 19.0 Å². The second-order valence-electron chi connectivity index (χ2n) is 4.18. The van der Waals surface area contributed by atoms with Crippen LogP contribution in [0.3, 0.4) is 0 Å². The minimum Gasteiger partial charge on any atom is -0.481 e. The number of aliphatic carboxylic acids is 1. The number of amides is 1. The molecule has 1 aliphatic carbocycles. The number of carboxylic acids is 1. The van der Waals surface area contributed by atoms with Crippen LogP contribution in [0.25, 0.3) is 0 Å². The van der Waals surface area contributed by atoms with Crippen LogP contribution in [-0.2, 0) is 9.53 Å². The summed E-state index contributed by atoms with van der Waals surface area (Å²) in [6.07, 6.45) is 3.28. The van der Waals surface area contributed by atoms with E-state index in [4.69, 9.17) is 9.84 Å². The molecular weight excluding hydrogens is 198 g/mol. The number of carbonyl (C=O) groups is 2. The molecule has 2 aliphatic rings. The van der Waals surface area contributed by atoms with Crippen molar-refractivity contribution in [2.45, 2.75) is 44.2 Å². The molecule has 0 bridgehead atoms.